The highest BCUT2D eigenvalue weighted by Crippen LogP contribution is 2.41. The molecular weight excluding hydrogens is 444 g/mol. The maximum Gasteiger partial charge on any atom is 0.349 e. The number of fused-ring (bicyclic) bond motifs is 2. The Kier molecular flexibility index (Phi) is 6.70. The average molecular weight is 477 g/mol. The van der Waals surface area contributed by atoms with Crippen LogP contribution in [0.25, 0.3) is 34.1 Å². The largest absolute Gasteiger partial charge is 0.466 e. The second-order valence-electron chi connectivity index (χ2n) is 9.36. The molecule has 0 spiro atoms. The van der Waals surface area contributed by atoms with E-state index in [1.807, 2.05) is 45.1 Å². The molecule has 0 saturated carbocycles. The molecule has 184 valence electrons. The lowest BCUT2D eigenvalue weighted by molar-refractivity contribution is -0.143. The van der Waals surface area contributed by atoms with Crippen LogP contribution in [0.1, 0.15) is 64.5 Å². The number of anilines is 1. The number of oxazole rings is 1. The Morgan fingerprint density at radius 3 is 2.63 bits per heavy atom. The molecule has 3 heterocycles. The number of rotatable bonds is 7. The molecule has 0 aliphatic carbocycles. The first-order chi connectivity index (χ1) is 16.6. The predicted octanol–water partition coefficient (Wildman–Crippen LogP) is 6.13. The molecule has 0 fully saturated rings. The number of hydrogen-bond acceptors (Lipinski definition) is 7. The molecule has 0 N–H and O–H groups in total. The number of benzene rings is 1. The van der Waals surface area contributed by atoms with Crippen LogP contribution in [0.2, 0.25) is 0 Å². The fraction of sp³-hybridized carbons (Fsp3) is 0.393. The zero-order chi connectivity index (χ0) is 25.3. The highest BCUT2D eigenvalue weighted by Gasteiger charge is 2.32. The summed E-state index contributed by atoms with van der Waals surface area (Å²) in [5.74, 6) is 0.700. The smallest absolute Gasteiger partial charge is 0.349 e. The molecule has 3 aromatic rings. The van der Waals surface area contributed by atoms with Crippen molar-refractivity contribution in [1.82, 2.24) is 4.98 Å². The maximum atomic E-state index is 12.9. The van der Waals surface area contributed by atoms with Crippen molar-refractivity contribution in [3.63, 3.8) is 0 Å². The molecule has 0 atom stereocenters. The lowest BCUT2D eigenvalue weighted by Gasteiger charge is -2.43. The SMILES string of the molecule is C/C=C\c1nc(-c2cc3cc4c(cc3oc2=O)N(CCCC(=O)OCC)C(C)(C)C=C4C)oc1C. The third-order valence-corrected chi connectivity index (χ3v) is 6.29. The molecule has 1 aromatic carbocycles. The van der Waals surface area contributed by atoms with Crippen molar-refractivity contribution in [3.05, 3.63) is 57.8 Å². The number of carbonyl (C=O) groups excluding carboxylic acids is 1. The minimum Gasteiger partial charge on any atom is -0.466 e. The second kappa shape index (κ2) is 9.56. The number of allylic oxidation sites excluding steroid dienone is 2. The third kappa shape index (κ3) is 4.81. The number of hydrogen-bond donors (Lipinski definition) is 0. The van der Waals surface area contributed by atoms with Crippen molar-refractivity contribution in [2.45, 2.75) is 59.9 Å². The van der Waals surface area contributed by atoms with Gasteiger partial charge in [-0.2, -0.15) is 0 Å². The molecule has 7 heteroatoms. The van der Waals surface area contributed by atoms with E-state index >= 15 is 0 Å². The lowest BCUT2D eigenvalue weighted by atomic mass is 9.88. The van der Waals surface area contributed by atoms with E-state index in [0.717, 1.165) is 22.2 Å². The standard InChI is InChI=1S/C28H32N2O5/c1-7-10-22-18(4)34-26(29-22)21-14-19-13-20-17(3)16-28(5,6)30(12-9-11-25(31)33-8-2)23(20)15-24(19)35-27(21)32/h7,10,13-16H,8-9,11-12H2,1-6H3/b10-7-. The Bertz CT molecular complexity index is 1390. The van der Waals surface area contributed by atoms with Crippen LogP contribution in [-0.4, -0.2) is 29.6 Å². The van der Waals surface area contributed by atoms with Crippen molar-refractivity contribution in [3.8, 4) is 11.5 Å². The summed E-state index contributed by atoms with van der Waals surface area (Å²) in [5.41, 5.74) is 3.89. The van der Waals surface area contributed by atoms with Crippen LogP contribution < -0.4 is 10.5 Å². The van der Waals surface area contributed by atoms with Gasteiger partial charge >= 0.3 is 11.6 Å². The van der Waals surface area contributed by atoms with Crippen LogP contribution >= 0.6 is 0 Å². The van der Waals surface area contributed by atoms with Crippen molar-refractivity contribution >= 4 is 34.3 Å². The molecule has 0 saturated heterocycles. The molecule has 4 rings (SSSR count). The number of ether oxygens (including phenoxy) is 1. The Labute approximate surface area is 205 Å². The van der Waals surface area contributed by atoms with Crippen molar-refractivity contribution < 1.29 is 18.4 Å². The monoisotopic (exact) mass is 476 g/mol. The number of nitrogens with zero attached hydrogens (tertiary/aromatic N) is 2. The molecule has 0 bridgehead atoms. The average Bonchev–Trinajstić information content (AvgIpc) is 3.14. The van der Waals surface area contributed by atoms with Gasteiger partial charge in [-0.1, -0.05) is 12.2 Å². The van der Waals surface area contributed by atoms with Crippen LogP contribution in [0.5, 0.6) is 0 Å². The molecule has 0 radical (unpaired) electrons. The Morgan fingerprint density at radius 2 is 1.91 bits per heavy atom. The second-order valence-corrected chi connectivity index (χ2v) is 9.36. The van der Waals surface area contributed by atoms with Gasteiger partial charge in [0.2, 0.25) is 5.89 Å². The maximum absolute atomic E-state index is 12.9. The molecule has 1 aliphatic heterocycles. The Balaban J connectivity index is 1.75. The van der Waals surface area contributed by atoms with Gasteiger partial charge in [0.05, 0.1) is 12.1 Å². The summed E-state index contributed by atoms with van der Waals surface area (Å²) >= 11 is 0. The fourth-order valence-corrected chi connectivity index (χ4v) is 4.70. The van der Waals surface area contributed by atoms with E-state index in [2.05, 4.69) is 36.7 Å². The van der Waals surface area contributed by atoms with Gasteiger partial charge in [0.25, 0.3) is 0 Å². The van der Waals surface area contributed by atoms with Crippen LogP contribution in [-0.2, 0) is 9.53 Å². The normalized spacial score (nSPS) is 14.9. The van der Waals surface area contributed by atoms with Gasteiger partial charge in [0.15, 0.2) is 0 Å². The molecule has 0 amide bonds. The zero-order valence-electron chi connectivity index (χ0n) is 21.2. The summed E-state index contributed by atoms with van der Waals surface area (Å²) in [6.07, 6.45) is 6.96. The molecule has 1 aliphatic rings. The van der Waals surface area contributed by atoms with Gasteiger partial charge in [0, 0.05) is 35.7 Å². The van der Waals surface area contributed by atoms with Crippen LogP contribution in [0.15, 0.2) is 44.0 Å². The highest BCUT2D eigenvalue weighted by atomic mass is 16.5. The summed E-state index contributed by atoms with van der Waals surface area (Å²) < 4.78 is 16.6. The minimum atomic E-state index is -0.498. The Morgan fingerprint density at radius 1 is 1.17 bits per heavy atom. The van der Waals surface area contributed by atoms with E-state index in [0.29, 0.717) is 48.6 Å². The summed E-state index contributed by atoms with van der Waals surface area (Å²) in [7, 11) is 0. The molecule has 0 unspecified atom stereocenters. The van der Waals surface area contributed by atoms with E-state index in [4.69, 9.17) is 13.6 Å². The summed E-state index contributed by atoms with van der Waals surface area (Å²) in [6.45, 7) is 12.9. The van der Waals surface area contributed by atoms with E-state index in [-0.39, 0.29) is 17.4 Å². The van der Waals surface area contributed by atoms with Gasteiger partial charge in [-0.05, 0) is 71.7 Å². The molecule has 7 nitrogen and oxygen atoms in total. The van der Waals surface area contributed by atoms with Gasteiger partial charge < -0.3 is 18.5 Å². The van der Waals surface area contributed by atoms with Crippen LogP contribution in [0.3, 0.4) is 0 Å². The molecule has 35 heavy (non-hydrogen) atoms. The third-order valence-electron chi connectivity index (χ3n) is 6.29. The van der Waals surface area contributed by atoms with Crippen LogP contribution in [0.4, 0.5) is 5.69 Å². The van der Waals surface area contributed by atoms with E-state index in [1.54, 1.807) is 6.07 Å². The zero-order valence-corrected chi connectivity index (χ0v) is 21.2. The molecular formula is C28H32N2O5. The summed E-state index contributed by atoms with van der Waals surface area (Å²) in [4.78, 5) is 31.5. The van der Waals surface area contributed by atoms with Crippen molar-refractivity contribution in [1.29, 1.82) is 0 Å². The predicted molar refractivity (Wildman–Crippen MR) is 138 cm³/mol. The van der Waals surface area contributed by atoms with Gasteiger partial charge in [-0.15, -0.1) is 0 Å². The minimum absolute atomic E-state index is 0.189. The first-order valence-electron chi connectivity index (χ1n) is 12.0. The summed E-state index contributed by atoms with van der Waals surface area (Å²) in [5, 5.41) is 0.792. The number of aromatic nitrogens is 1. The summed E-state index contributed by atoms with van der Waals surface area (Å²) in [6, 6.07) is 5.74. The van der Waals surface area contributed by atoms with Crippen molar-refractivity contribution in [2.24, 2.45) is 0 Å². The first-order valence-corrected chi connectivity index (χ1v) is 12.0. The highest BCUT2D eigenvalue weighted by molar-refractivity contribution is 5.92. The van der Waals surface area contributed by atoms with Crippen LogP contribution in [0, 0.1) is 6.92 Å². The number of aryl methyl sites for hydroxylation is 1. The molecule has 2 aromatic heterocycles. The quantitative estimate of drug-likeness (QED) is 0.299. The van der Waals surface area contributed by atoms with E-state index < -0.39 is 5.63 Å². The first kappa shape index (κ1) is 24.5. The number of esters is 1. The topological polar surface area (TPSA) is 85.8 Å². The fourth-order valence-electron chi connectivity index (χ4n) is 4.70. The van der Waals surface area contributed by atoms with Crippen molar-refractivity contribution in [2.75, 3.05) is 18.1 Å². The van der Waals surface area contributed by atoms with E-state index in [9.17, 15) is 9.59 Å². The van der Waals surface area contributed by atoms with Gasteiger partial charge in [-0.3, -0.25) is 4.79 Å². The Hall–Kier alpha value is -3.61. The number of carbonyl (C=O) groups is 1. The van der Waals surface area contributed by atoms with Gasteiger partial charge in [-0.25, -0.2) is 9.78 Å². The lowest BCUT2D eigenvalue weighted by Crippen LogP contribution is -2.45. The van der Waals surface area contributed by atoms with E-state index in [1.165, 1.54) is 0 Å². The van der Waals surface area contributed by atoms with Gasteiger partial charge in [0.1, 0.15) is 22.6 Å².